The molecule has 0 unspecified atom stereocenters. The van der Waals surface area contributed by atoms with Crippen LogP contribution in [0.3, 0.4) is 0 Å². The van der Waals surface area contributed by atoms with Crippen LogP contribution in [0.5, 0.6) is 0 Å². The summed E-state index contributed by atoms with van der Waals surface area (Å²) in [4.78, 5) is 16.2. The number of carbonyl (C=O) groups excluding carboxylic acids is 1. The summed E-state index contributed by atoms with van der Waals surface area (Å²) in [5, 5.41) is 0. The number of hydrogen-bond donors (Lipinski definition) is 0. The molecule has 0 N–H and O–H groups in total. The Bertz CT molecular complexity index is 403. The SMILES string of the molecule is CCN(CC)CCN(C)c1ccccc1C(=O)OC. The zero-order valence-electron chi connectivity index (χ0n) is 12.3. The number of anilines is 1. The molecule has 106 valence electrons. The molecule has 4 nitrogen and oxygen atoms in total. The largest absolute Gasteiger partial charge is 0.465 e. The molecule has 0 aliphatic heterocycles. The molecule has 0 saturated carbocycles. The number of esters is 1. The van der Waals surface area contributed by atoms with E-state index in [0.717, 1.165) is 31.9 Å². The second kappa shape index (κ2) is 7.79. The zero-order valence-corrected chi connectivity index (χ0v) is 12.3. The molecule has 0 aliphatic rings. The molecular weight excluding hydrogens is 240 g/mol. The van der Waals surface area contributed by atoms with Crippen molar-refractivity contribution in [3.8, 4) is 0 Å². The van der Waals surface area contributed by atoms with Gasteiger partial charge in [-0.15, -0.1) is 0 Å². The molecule has 0 heterocycles. The fourth-order valence-electron chi connectivity index (χ4n) is 2.04. The lowest BCUT2D eigenvalue weighted by atomic mass is 10.1. The van der Waals surface area contributed by atoms with Gasteiger partial charge in [-0.1, -0.05) is 26.0 Å². The van der Waals surface area contributed by atoms with E-state index in [1.54, 1.807) is 6.07 Å². The molecule has 0 aromatic heterocycles. The van der Waals surface area contributed by atoms with E-state index in [2.05, 4.69) is 23.6 Å². The van der Waals surface area contributed by atoms with Gasteiger partial charge in [0.2, 0.25) is 0 Å². The van der Waals surface area contributed by atoms with E-state index in [-0.39, 0.29) is 5.97 Å². The number of hydrogen-bond acceptors (Lipinski definition) is 4. The van der Waals surface area contributed by atoms with Crippen LogP contribution in [-0.2, 0) is 4.74 Å². The van der Waals surface area contributed by atoms with E-state index < -0.39 is 0 Å². The Morgan fingerprint density at radius 1 is 1.16 bits per heavy atom. The first-order chi connectivity index (χ1) is 9.13. The summed E-state index contributed by atoms with van der Waals surface area (Å²) in [5.41, 5.74) is 1.54. The number of likely N-dealkylation sites (N-methyl/N-ethyl adjacent to an activating group) is 2. The Morgan fingerprint density at radius 2 is 1.79 bits per heavy atom. The number of nitrogens with zero attached hydrogens (tertiary/aromatic N) is 2. The Hall–Kier alpha value is -1.55. The predicted octanol–water partition coefficient (Wildman–Crippen LogP) is 2.25. The maximum Gasteiger partial charge on any atom is 0.339 e. The van der Waals surface area contributed by atoms with E-state index in [4.69, 9.17) is 4.74 Å². The Balaban J connectivity index is 2.76. The molecule has 0 amide bonds. The molecule has 4 heteroatoms. The van der Waals surface area contributed by atoms with Gasteiger partial charge in [-0.2, -0.15) is 0 Å². The summed E-state index contributed by atoms with van der Waals surface area (Å²) in [6.07, 6.45) is 0. The first-order valence-electron chi connectivity index (χ1n) is 6.74. The van der Waals surface area contributed by atoms with Crippen molar-refractivity contribution in [2.75, 3.05) is 45.2 Å². The van der Waals surface area contributed by atoms with Crippen LogP contribution in [0.4, 0.5) is 5.69 Å². The van der Waals surface area contributed by atoms with E-state index in [1.807, 2.05) is 25.2 Å². The highest BCUT2D eigenvalue weighted by Crippen LogP contribution is 2.19. The van der Waals surface area contributed by atoms with Crippen LogP contribution in [-0.4, -0.2) is 51.2 Å². The highest BCUT2D eigenvalue weighted by atomic mass is 16.5. The molecule has 0 fully saturated rings. The number of rotatable bonds is 7. The summed E-state index contributed by atoms with van der Waals surface area (Å²) < 4.78 is 4.82. The number of methoxy groups -OCH3 is 1. The van der Waals surface area contributed by atoms with Gasteiger partial charge in [0.15, 0.2) is 0 Å². The first kappa shape index (κ1) is 15.5. The summed E-state index contributed by atoms with van der Waals surface area (Å²) in [6, 6.07) is 7.55. The minimum absolute atomic E-state index is 0.287. The molecule has 0 bridgehead atoms. The third-order valence-electron chi connectivity index (χ3n) is 3.37. The van der Waals surface area contributed by atoms with Crippen molar-refractivity contribution < 1.29 is 9.53 Å². The van der Waals surface area contributed by atoms with Crippen molar-refractivity contribution in [2.45, 2.75) is 13.8 Å². The Kier molecular flexibility index (Phi) is 6.36. The van der Waals surface area contributed by atoms with E-state index in [9.17, 15) is 4.79 Å². The quantitative estimate of drug-likeness (QED) is 0.707. The van der Waals surface area contributed by atoms with Crippen LogP contribution >= 0.6 is 0 Å². The summed E-state index contributed by atoms with van der Waals surface area (Å²) in [7, 11) is 3.42. The molecule has 0 aliphatic carbocycles. The molecule has 0 spiro atoms. The van der Waals surface area contributed by atoms with Crippen molar-refractivity contribution in [1.29, 1.82) is 0 Å². The molecule has 1 aromatic rings. The van der Waals surface area contributed by atoms with Crippen LogP contribution < -0.4 is 4.90 Å². The van der Waals surface area contributed by atoms with Crippen LogP contribution in [0.25, 0.3) is 0 Å². The maximum atomic E-state index is 11.7. The van der Waals surface area contributed by atoms with Crippen LogP contribution in [0, 0.1) is 0 Å². The average molecular weight is 264 g/mol. The van der Waals surface area contributed by atoms with Gasteiger partial charge >= 0.3 is 5.97 Å². The Labute approximate surface area is 116 Å². The fourth-order valence-corrected chi connectivity index (χ4v) is 2.04. The summed E-state index contributed by atoms with van der Waals surface area (Å²) >= 11 is 0. The van der Waals surface area contributed by atoms with Crippen molar-refractivity contribution in [3.63, 3.8) is 0 Å². The average Bonchev–Trinajstić information content (AvgIpc) is 2.47. The van der Waals surface area contributed by atoms with Gasteiger partial charge in [-0.3, -0.25) is 0 Å². The number of carbonyl (C=O) groups is 1. The predicted molar refractivity (Wildman–Crippen MR) is 78.8 cm³/mol. The fraction of sp³-hybridized carbons (Fsp3) is 0.533. The van der Waals surface area contributed by atoms with Crippen molar-refractivity contribution in [2.24, 2.45) is 0 Å². The van der Waals surface area contributed by atoms with Gasteiger partial charge in [0, 0.05) is 20.1 Å². The second-order valence-electron chi connectivity index (χ2n) is 4.46. The minimum Gasteiger partial charge on any atom is -0.465 e. The number of ether oxygens (including phenoxy) is 1. The van der Waals surface area contributed by atoms with Gasteiger partial charge in [0.25, 0.3) is 0 Å². The standard InChI is InChI=1S/C15H24N2O2/c1-5-17(6-2)12-11-16(3)14-10-8-7-9-13(14)15(18)19-4/h7-10H,5-6,11-12H2,1-4H3. The number of benzene rings is 1. The van der Waals surface area contributed by atoms with Gasteiger partial charge in [0.05, 0.1) is 18.4 Å². The van der Waals surface area contributed by atoms with Gasteiger partial charge in [-0.05, 0) is 25.2 Å². The lowest BCUT2D eigenvalue weighted by molar-refractivity contribution is 0.0601. The van der Waals surface area contributed by atoms with Gasteiger partial charge in [-0.25, -0.2) is 4.79 Å². The lowest BCUT2D eigenvalue weighted by Crippen LogP contribution is -2.33. The molecular formula is C15H24N2O2. The highest BCUT2D eigenvalue weighted by molar-refractivity contribution is 5.95. The monoisotopic (exact) mass is 264 g/mol. The summed E-state index contributed by atoms with van der Waals surface area (Å²) in [5.74, 6) is -0.287. The van der Waals surface area contributed by atoms with E-state index in [1.165, 1.54) is 7.11 Å². The topological polar surface area (TPSA) is 32.8 Å². The van der Waals surface area contributed by atoms with E-state index >= 15 is 0 Å². The van der Waals surface area contributed by atoms with Gasteiger partial charge < -0.3 is 14.5 Å². The molecule has 1 aromatic carbocycles. The third kappa shape index (κ3) is 4.24. The first-order valence-corrected chi connectivity index (χ1v) is 6.74. The van der Waals surface area contributed by atoms with Gasteiger partial charge in [0.1, 0.15) is 0 Å². The molecule has 0 radical (unpaired) electrons. The molecule has 19 heavy (non-hydrogen) atoms. The van der Waals surface area contributed by atoms with E-state index in [0.29, 0.717) is 5.56 Å². The maximum absolute atomic E-state index is 11.7. The normalized spacial score (nSPS) is 10.6. The smallest absolute Gasteiger partial charge is 0.339 e. The molecule has 0 saturated heterocycles. The van der Waals surface area contributed by atoms with Crippen molar-refractivity contribution in [3.05, 3.63) is 29.8 Å². The highest BCUT2D eigenvalue weighted by Gasteiger charge is 2.14. The molecule has 0 atom stereocenters. The lowest BCUT2D eigenvalue weighted by Gasteiger charge is -2.25. The minimum atomic E-state index is -0.287. The second-order valence-corrected chi connectivity index (χ2v) is 4.46. The third-order valence-corrected chi connectivity index (χ3v) is 3.37. The zero-order chi connectivity index (χ0) is 14.3. The van der Waals surface area contributed by atoms with Crippen molar-refractivity contribution >= 4 is 11.7 Å². The van der Waals surface area contributed by atoms with Crippen LogP contribution in [0.2, 0.25) is 0 Å². The molecule has 1 rings (SSSR count). The van der Waals surface area contributed by atoms with Crippen LogP contribution in [0.15, 0.2) is 24.3 Å². The Morgan fingerprint density at radius 3 is 2.37 bits per heavy atom. The van der Waals surface area contributed by atoms with Crippen molar-refractivity contribution in [1.82, 2.24) is 4.90 Å². The van der Waals surface area contributed by atoms with Crippen LogP contribution in [0.1, 0.15) is 24.2 Å². The summed E-state index contributed by atoms with van der Waals surface area (Å²) in [6.45, 7) is 8.28. The number of para-hydroxylation sites is 1.